The number of amides is 4. The average Bonchev–Trinajstić information content (AvgIpc) is 4.17. The van der Waals surface area contributed by atoms with Gasteiger partial charge in [-0.3, -0.25) is 44.1 Å². The second-order valence-electron chi connectivity index (χ2n) is 17.8. The van der Waals surface area contributed by atoms with E-state index in [0.717, 1.165) is 12.8 Å². The largest absolute Gasteiger partial charge is 0.490 e. The average molecular weight is 974 g/mol. The van der Waals surface area contributed by atoms with Crippen molar-refractivity contribution in [2.24, 2.45) is 22.4 Å². The van der Waals surface area contributed by atoms with E-state index in [-0.39, 0.29) is 74.0 Å². The lowest BCUT2D eigenvalue weighted by Gasteiger charge is -2.37. The molecule has 24 heteroatoms. The van der Waals surface area contributed by atoms with Gasteiger partial charge in [0.2, 0.25) is 17.8 Å². The molecule has 2 bridgehead atoms. The van der Waals surface area contributed by atoms with Gasteiger partial charge in [-0.1, -0.05) is 12.2 Å². The lowest BCUT2D eigenvalue weighted by molar-refractivity contribution is -0.0639. The van der Waals surface area contributed by atoms with Crippen molar-refractivity contribution in [3.05, 3.63) is 82.5 Å². The van der Waals surface area contributed by atoms with Crippen LogP contribution >= 0.6 is 0 Å². The molecule has 3 atom stereocenters. The third-order valence-electron chi connectivity index (χ3n) is 12.8. The van der Waals surface area contributed by atoms with Gasteiger partial charge in [0.1, 0.15) is 53.0 Å². The number of carbonyl (C=O) groups is 4. The maximum absolute atomic E-state index is 14.1. The summed E-state index contributed by atoms with van der Waals surface area (Å²) < 4.78 is 26.8. The van der Waals surface area contributed by atoms with E-state index in [0.29, 0.717) is 101 Å². The van der Waals surface area contributed by atoms with Crippen LogP contribution in [0.5, 0.6) is 11.5 Å². The zero-order valence-corrected chi connectivity index (χ0v) is 40.1. The van der Waals surface area contributed by atoms with Crippen LogP contribution in [0.3, 0.4) is 0 Å². The molecule has 71 heavy (non-hydrogen) atoms. The second kappa shape index (κ2) is 20.6. The summed E-state index contributed by atoms with van der Waals surface area (Å²) in [5.74, 6) is 4.67. The molecule has 3 aliphatic heterocycles. The maximum Gasteiger partial charge on any atom is 0.276 e. The number of likely N-dealkylation sites (tertiary alicyclic amines) is 1. The third-order valence-corrected chi connectivity index (χ3v) is 12.8. The van der Waals surface area contributed by atoms with Gasteiger partial charge in [-0.25, -0.2) is 21.3 Å². The molecule has 4 amide bonds. The molecule has 2 aromatic carbocycles. The summed E-state index contributed by atoms with van der Waals surface area (Å²) in [5.41, 5.74) is 18.2. The van der Waals surface area contributed by atoms with Crippen LogP contribution in [0.4, 0.5) is 11.9 Å². The summed E-state index contributed by atoms with van der Waals surface area (Å²) in [5, 5.41) is 21.7. The van der Waals surface area contributed by atoms with Crippen molar-refractivity contribution in [1.29, 1.82) is 0 Å². The molecule has 3 unspecified atom stereocenters. The van der Waals surface area contributed by atoms with Gasteiger partial charge in [0, 0.05) is 63.4 Å². The smallest absolute Gasteiger partial charge is 0.276 e. The standard InChI is InChI=1S/C47H59N17O7/c1-5-63-35(16-26(3)57-63)44(67)54-46-52-33-18-28(42(49)65)20-37-40(33)61(46)14-7-8-15-62-41-34(53-47(62)55-45(68)36-17-27(4)58-64(36)6-2)19-29(43(66)51-13-9-10-39(48)56-59-50)21-38(41)70-25-30(24-69-37)60-22-31-11-12-32(23-60)71-31/h7-8,16-21,30-32,59H,5-6,9-15,22-25,50H2,1-4H3,(H2,48,56)(H2,49,65)(H,51,66)(H,52,54,67)(H,53,55,68)/b8-7+. The van der Waals surface area contributed by atoms with E-state index < -0.39 is 23.8 Å². The van der Waals surface area contributed by atoms with E-state index in [1.165, 1.54) is 0 Å². The highest BCUT2D eigenvalue weighted by Crippen LogP contribution is 2.35. The van der Waals surface area contributed by atoms with E-state index in [1.54, 1.807) is 50.3 Å². The molecule has 7 heterocycles. The van der Waals surface area contributed by atoms with Crippen LogP contribution in [0.15, 0.2) is 53.7 Å². The number of benzene rings is 2. The van der Waals surface area contributed by atoms with Gasteiger partial charge in [0.05, 0.1) is 40.7 Å². The first-order valence-electron chi connectivity index (χ1n) is 23.8. The molecule has 0 aliphatic carbocycles. The predicted octanol–water partition coefficient (Wildman–Crippen LogP) is 2.54. The first-order chi connectivity index (χ1) is 34.3. The Morgan fingerprint density at radius 2 is 1.25 bits per heavy atom. The van der Waals surface area contributed by atoms with Crippen LogP contribution in [0.2, 0.25) is 0 Å². The van der Waals surface area contributed by atoms with E-state index in [4.69, 9.17) is 41.5 Å². The number of nitrogens with two attached hydrogens (primary N) is 3. The van der Waals surface area contributed by atoms with Crippen LogP contribution < -0.4 is 48.3 Å². The van der Waals surface area contributed by atoms with Crippen LogP contribution in [0.25, 0.3) is 22.1 Å². The highest BCUT2D eigenvalue weighted by molar-refractivity contribution is 6.05. The lowest BCUT2D eigenvalue weighted by atomic mass is 10.1. The van der Waals surface area contributed by atoms with Crippen molar-refractivity contribution >= 4 is 63.4 Å². The monoisotopic (exact) mass is 973 g/mol. The molecule has 6 aromatic rings. The lowest BCUT2D eigenvalue weighted by Crippen LogP contribution is -2.52. The van der Waals surface area contributed by atoms with Crippen LogP contribution in [0, 0.1) is 13.8 Å². The number of nitrogens with one attached hydrogen (secondary N) is 4. The number of carbonyl (C=O) groups excluding carboxylic acids is 4. The number of aromatic nitrogens is 8. The first kappa shape index (κ1) is 48.2. The molecule has 9 rings (SSSR count). The van der Waals surface area contributed by atoms with Crippen LogP contribution in [-0.2, 0) is 30.9 Å². The topological polar surface area (TPSA) is 309 Å². The Morgan fingerprint density at radius 1 is 0.732 bits per heavy atom. The molecular weight excluding hydrogens is 915 g/mol. The minimum absolute atomic E-state index is 0.0223. The number of fused-ring (bicyclic) bond motifs is 2. The van der Waals surface area contributed by atoms with Gasteiger partial charge in [0.15, 0.2) is 0 Å². The minimum Gasteiger partial charge on any atom is -0.490 e. The molecule has 374 valence electrons. The molecule has 2 fully saturated rings. The van der Waals surface area contributed by atoms with E-state index in [9.17, 15) is 19.2 Å². The van der Waals surface area contributed by atoms with Gasteiger partial charge >= 0.3 is 0 Å². The quantitative estimate of drug-likeness (QED) is 0.0206. The Bertz CT molecular complexity index is 3060. The number of imidazole rings is 2. The highest BCUT2D eigenvalue weighted by Gasteiger charge is 2.38. The Labute approximate surface area is 407 Å². The number of aryl methyl sites for hydroxylation is 4. The molecule has 3 aliphatic rings. The fraction of sp³-hybridized carbons (Fsp3) is 0.426. The zero-order chi connectivity index (χ0) is 49.9. The third kappa shape index (κ3) is 10.3. The summed E-state index contributed by atoms with van der Waals surface area (Å²) in [4.78, 5) is 66.9. The number of hydrogen-bond acceptors (Lipinski definition) is 15. The van der Waals surface area contributed by atoms with Crippen LogP contribution in [-0.4, -0.2) is 124 Å². The number of ether oxygens (including phenoxy) is 3. The van der Waals surface area contributed by atoms with Crippen molar-refractivity contribution in [3.8, 4) is 11.5 Å². The van der Waals surface area contributed by atoms with Crippen molar-refractivity contribution in [2.45, 2.75) is 97.8 Å². The van der Waals surface area contributed by atoms with E-state index in [1.807, 2.05) is 44.4 Å². The minimum atomic E-state index is -0.683. The molecular formula is C47H59N17O7. The number of hydrazine groups is 1. The fourth-order valence-electron chi connectivity index (χ4n) is 9.42. The first-order valence-corrected chi connectivity index (χ1v) is 23.8. The number of morpholine rings is 1. The molecule has 24 nitrogen and oxygen atoms in total. The Morgan fingerprint density at radius 3 is 1.76 bits per heavy atom. The SMILES string of the molecule is CCn1nc(C)cc1C(=O)Nc1nc2cc(C(N)=O)cc3c2n1C/C=C/Cn1c(NC(=O)c2cc(C)nn2CC)nc2cc(C(=O)NCCCC(N)=NNN)cc(c21)OCC(N1CC2CCC(C1)O2)CO3. The number of anilines is 2. The molecule has 4 aromatic heterocycles. The summed E-state index contributed by atoms with van der Waals surface area (Å²) in [7, 11) is 0. The van der Waals surface area contributed by atoms with Gasteiger partial charge in [0.25, 0.3) is 17.7 Å². The Balaban J connectivity index is 1.16. The number of nitrogens with zero attached hydrogens (tertiary/aromatic N) is 10. The number of amidine groups is 1. The summed E-state index contributed by atoms with van der Waals surface area (Å²) in [6, 6.07) is 9.51. The predicted molar refractivity (Wildman–Crippen MR) is 263 cm³/mol. The molecule has 0 radical (unpaired) electrons. The molecule has 0 spiro atoms. The Kier molecular flexibility index (Phi) is 14.0. The van der Waals surface area contributed by atoms with Crippen LogP contribution in [0.1, 0.15) is 92.6 Å². The number of allylic oxidation sites excluding steroid dienone is 2. The van der Waals surface area contributed by atoms with E-state index >= 15 is 0 Å². The normalized spacial score (nSPS) is 18.8. The fourth-order valence-corrected chi connectivity index (χ4v) is 9.42. The van der Waals surface area contributed by atoms with Gasteiger partial charge in [-0.2, -0.15) is 15.3 Å². The number of primary amides is 1. The van der Waals surface area contributed by atoms with E-state index in [2.05, 4.69) is 41.7 Å². The summed E-state index contributed by atoms with van der Waals surface area (Å²) in [6.07, 6.45) is 6.54. The van der Waals surface area contributed by atoms with Gasteiger partial charge in [-0.05, 0) is 83.4 Å². The molecule has 2 saturated heterocycles. The number of rotatable bonds is 14. The Hall–Kier alpha value is -7.83. The zero-order valence-electron chi connectivity index (χ0n) is 40.1. The number of hydrazone groups is 1. The summed E-state index contributed by atoms with van der Waals surface area (Å²) >= 11 is 0. The molecule has 0 saturated carbocycles. The summed E-state index contributed by atoms with van der Waals surface area (Å²) in [6.45, 7) is 10.4. The second-order valence-corrected chi connectivity index (χ2v) is 17.8. The number of hydrogen-bond donors (Lipinski definition) is 7. The molecule has 10 N–H and O–H groups in total. The van der Waals surface area contributed by atoms with Crippen molar-refractivity contribution in [2.75, 3.05) is 43.5 Å². The highest BCUT2D eigenvalue weighted by atomic mass is 16.5. The van der Waals surface area contributed by atoms with Gasteiger partial charge < -0.3 is 40.1 Å². The van der Waals surface area contributed by atoms with Gasteiger partial charge in [-0.15, -0.1) is 0 Å². The van der Waals surface area contributed by atoms with Crippen molar-refractivity contribution < 1.29 is 33.4 Å². The van der Waals surface area contributed by atoms with Crippen molar-refractivity contribution in [3.63, 3.8) is 0 Å². The van der Waals surface area contributed by atoms with Crippen molar-refractivity contribution in [1.82, 2.24) is 54.4 Å². The maximum atomic E-state index is 14.1.